The summed E-state index contributed by atoms with van der Waals surface area (Å²) >= 11 is 6.12. The van der Waals surface area contributed by atoms with Crippen LogP contribution in [0.25, 0.3) is 5.57 Å². The molecule has 0 saturated carbocycles. The van der Waals surface area contributed by atoms with Crippen LogP contribution in [0, 0.1) is 18.8 Å². The highest BCUT2D eigenvalue weighted by Gasteiger charge is 2.09. The summed E-state index contributed by atoms with van der Waals surface area (Å²) in [6.07, 6.45) is 4.58. The molecule has 1 aliphatic rings. The van der Waals surface area contributed by atoms with Crippen LogP contribution in [0.1, 0.15) is 35.1 Å². The minimum absolute atomic E-state index is 0.351. The predicted octanol–water partition coefficient (Wildman–Crippen LogP) is 6.07. The fourth-order valence-corrected chi connectivity index (χ4v) is 4.32. The Balaban J connectivity index is 1.47. The maximum absolute atomic E-state index is 10.8. The van der Waals surface area contributed by atoms with Gasteiger partial charge in [-0.3, -0.25) is 4.90 Å². The Labute approximate surface area is 223 Å². The van der Waals surface area contributed by atoms with Gasteiger partial charge in [0, 0.05) is 10.6 Å². The van der Waals surface area contributed by atoms with Gasteiger partial charge in [-0.05, 0) is 104 Å². The van der Waals surface area contributed by atoms with E-state index in [2.05, 4.69) is 41.0 Å². The number of hydrogen-bond donors (Lipinski definition) is 1. The lowest BCUT2D eigenvalue weighted by Gasteiger charge is -2.12. The van der Waals surface area contributed by atoms with Crippen molar-refractivity contribution < 1.29 is 19.4 Å². The summed E-state index contributed by atoms with van der Waals surface area (Å²) < 4.78 is 11.3. The third kappa shape index (κ3) is 7.88. The molecule has 3 aromatic carbocycles. The number of carbonyl (C=O) groups is 1. The van der Waals surface area contributed by atoms with Gasteiger partial charge >= 0.3 is 5.97 Å². The summed E-state index contributed by atoms with van der Waals surface area (Å²) in [4.78, 5) is 13.1. The van der Waals surface area contributed by atoms with E-state index in [0.29, 0.717) is 23.1 Å². The molecular formula is C31H30ClNO4. The average molecular weight is 516 g/mol. The standard InChI is InChI=1S/C31H30ClNO4/c1-23-21-28(14-15-30(23)37-22-31(34)35)36-20-16-29(26-10-12-27(32)13-11-26)25-8-6-24(7-9-25)5-4-19-33-17-2-3-18-33/h6-16,21H,2-3,17-20,22H2,1H3,(H,34,35)/b29-16+. The van der Waals surface area contributed by atoms with E-state index in [1.165, 1.54) is 12.8 Å². The number of benzene rings is 3. The zero-order chi connectivity index (χ0) is 26.0. The largest absolute Gasteiger partial charge is 0.489 e. The number of aliphatic carboxylic acids is 1. The van der Waals surface area contributed by atoms with Crippen molar-refractivity contribution >= 4 is 23.1 Å². The third-order valence-corrected chi connectivity index (χ3v) is 6.37. The van der Waals surface area contributed by atoms with E-state index in [4.69, 9.17) is 26.2 Å². The third-order valence-electron chi connectivity index (χ3n) is 6.12. The summed E-state index contributed by atoms with van der Waals surface area (Å²) in [6, 6.07) is 21.3. The topological polar surface area (TPSA) is 59.0 Å². The van der Waals surface area contributed by atoms with Gasteiger partial charge in [0.1, 0.15) is 18.1 Å². The SMILES string of the molecule is Cc1cc(OC/C=C(/c2ccc(Cl)cc2)c2ccc(C#CCN3CCCC3)cc2)ccc1OCC(=O)O. The summed E-state index contributed by atoms with van der Waals surface area (Å²) in [6.45, 7) is 4.94. The summed E-state index contributed by atoms with van der Waals surface area (Å²) in [5.74, 6) is 6.76. The molecule has 190 valence electrons. The van der Waals surface area contributed by atoms with Crippen molar-refractivity contribution in [2.75, 3.05) is 32.8 Å². The Hall–Kier alpha value is -3.72. The molecule has 0 amide bonds. The molecule has 37 heavy (non-hydrogen) atoms. The molecule has 6 heteroatoms. The molecular weight excluding hydrogens is 486 g/mol. The first-order valence-corrected chi connectivity index (χ1v) is 12.7. The van der Waals surface area contributed by atoms with E-state index in [1.807, 2.05) is 43.3 Å². The Morgan fingerprint density at radius 3 is 2.32 bits per heavy atom. The highest BCUT2D eigenvalue weighted by Crippen LogP contribution is 2.27. The highest BCUT2D eigenvalue weighted by molar-refractivity contribution is 6.30. The average Bonchev–Trinajstić information content (AvgIpc) is 3.41. The Kier molecular flexibility index (Phi) is 9.26. The van der Waals surface area contributed by atoms with Gasteiger partial charge < -0.3 is 14.6 Å². The molecule has 1 aliphatic heterocycles. The molecule has 1 N–H and O–H groups in total. The molecule has 0 spiro atoms. The minimum Gasteiger partial charge on any atom is -0.489 e. The normalized spacial score (nSPS) is 13.6. The van der Waals surface area contributed by atoms with E-state index < -0.39 is 5.97 Å². The first kappa shape index (κ1) is 26.3. The first-order chi connectivity index (χ1) is 18.0. The number of aryl methyl sites for hydroxylation is 1. The summed E-state index contributed by atoms with van der Waals surface area (Å²) in [7, 11) is 0. The monoisotopic (exact) mass is 515 g/mol. The van der Waals surface area contributed by atoms with Crippen LogP contribution in [-0.2, 0) is 4.79 Å². The maximum atomic E-state index is 10.8. The summed E-state index contributed by atoms with van der Waals surface area (Å²) in [5, 5.41) is 9.50. The Bertz CT molecular complexity index is 1300. The molecule has 0 aromatic heterocycles. The van der Waals surface area contributed by atoms with Gasteiger partial charge in [-0.15, -0.1) is 0 Å². The molecule has 0 aliphatic carbocycles. The molecule has 0 bridgehead atoms. The van der Waals surface area contributed by atoms with Crippen molar-refractivity contribution in [2.45, 2.75) is 19.8 Å². The van der Waals surface area contributed by atoms with Crippen LogP contribution < -0.4 is 9.47 Å². The van der Waals surface area contributed by atoms with Crippen LogP contribution in [-0.4, -0.2) is 48.8 Å². The van der Waals surface area contributed by atoms with Crippen molar-refractivity contribution in [1.82, 2.24) is 4.90 Å². The highest BCUT2D eigenvalue weighted by atomic mass is 35.5. The Morgan fingerprint density at radius 2 is 1.68 bits per heavy atom. The van der Waals surface area contributed by atoms with Crippen LogP contribution in [0.15, 0.2) is 72.8 Å². The molecule has 1 heterocycles. The number of halogens is 1. The van der Waals surface area contributed by atoms with Crippen LogP contribution in [0.2, 0.25) is 5.02 Å². The molecule has 0 unspecified atom stereocenters. The number of likely N-dealkylation sites (tertiary alicyclic amines) is 1. The number of nitrogens with zero attached hydrogens (tertiary/aromatic N) is 1. The van der Waals surface area contributed by atoms with E-state index >= 15 is 0 Å². The van der Waals surface area contributed by atoms with Crippen molar-refractivity contribution in [1.29, 1.82) is 0 Å². The van der Waals surface area contributed by atoms with Crippen molar-refractivity contribution in [3.8, 4) is 23.3 Å². The molecule has 5 nitrogen and oxygen atoms in total. The second kappa shape index (κ2) is 13.0. The zero-order valence-electron chi connectivity index (χ0n) is 20.9. The van der Waals surface area contributed by atoms with Crippen LogP contribution >= 0.6 is 11.6 Å². The van der Waals surface area contributed by atoms with E-state index in [0.717, 1.165) is 47.5 Å². The number of carboxylic acids is 1. The lowest BCUT2D eigenvalue weighted by atomic mass is 9.97. The first-order valence-electron chi connectivity index (χ1n) is 12.3. The molecule has 1 fully saturated rings. The van der Waals surface area contributed by atoms with Gasteiger partial charge in [0.05, 0.1) is 6.54 Å². The van der Waals surface area contributed by atoms with E-state index in [-0.39, 0.29) is 6.61 Å². The fourth-order valence-electron chi connectivity index (χ4n) is 4.19. The molecule has 3 aromatic rings. The van der Waals surface area contributed by atoms with E-state index in [9.17, 15) is 4.79 Å². The molecule has 0 radical (unpaired) electrons. The number of carboxylic acid groups (broad SMARTS) is 1. The van der Waals surface area contributed by atoms with Crippen molar-refractivity contribution in [2.24, 2.45) is 0 Å². The molecule has 0 atom stereocenters. The summed E-state index contributed by atoms with van der Waals surface area (Å²) in [5.41, 5.74) is 4.93. The second-order valence-corrected chi connectivity index (χ2v) is 9.34. The quantitative estimate of drug-likeness (QED) is 0.350. The predicted molar refractivity (Wildman–Crippen MR) is 147 cm³/mol. The van der Waals surface area contributed by atoms with Gasteiger partial charge in [0.2, 0.25) is 0 Å². The van der Waals surface area contributed by atoms with Gasteiger partial charge in [0.25, 0.3) is 0 Å². The minimum atomic E-state index is -1.01. The van der Waals surface area contributed by atoms with Gasteiger partial charge in [-0.2, -0.15) is 0 Å². The zero-order valence-corrected chi connectivity index (χ0v) is 21.6. The van der Waals surface area contributed by atoms with Gasteiger partial charge in [0.15, 0.2) is 6.61 Å². The molecule has 4 rings (SSSR count). The maximum Gasteiger partial charge on any atom is 0.341 e. The van der Waals surface area contributed by atoms with Crippen LogP contribution in [0.3, 0.4) is 0 Å². The van der Waals surface area contributed by atoms with E-state index in [1.54, 1.807) is 12.1 Å². The Morgan fingerprint density at radius 1 is 1.00 bits per heavy atom. The molecule has 1 saturated heterocycles. The smallest absolute Gasteiger partial charge is 0.341 e. The van der Waals surface area contributed by atoms with Gasteiger partial charge in [-0.1, -0.05) is 47.7 Å². The van der Waals surface area contributed by atoms with Gasteiger partial charge in [-0.25, -0.2) is 4.79 Å². The van der Waals surface area contributed by atoms with Crippen LogP contribution in [0.5, 0.6) is 11.5 Å². The number of rotatable bonds is 9. The lowest BCUT2D eigenvalue weighted by Crippen LogP contribution is -2.18. The fraction of sp³-hybridized carbons (Fsp3) is 0.258. The van der Waals surface area contributed by atoms with Crippen LogP contribution in [0.4, 0.5) is 0 Å². The second-order valence-electron chi connectivity index (χ2n) is 8.91. The number of ether oxygens (including phenoxy) is 2. The van der Waals surface area contributed by atoms with Crippen molar-refractivity contribution in [3.05, 3.63) is 100 Å². The van der Waals surface area contributed by atoms with Crippen molar-refractivity contribution in [3.63, 3.8) is 0 Å². The lowest BCUT2D eigenvalue weighted by molar-refractivity contribution is -0.139. The number of hydrogen-bond acceptors (Lipinski definition) is 4.